The number of halogens is 2. The van der Waals surface area contributed by atoms with Crippen molar-refractivity contribution in [3.05, 3.63) is 70.5 Å². The van der Waals surface area contributed by atoms with Gasteiger partial charge in [0.05, 0.1) is 6.10 Å². The van der Waals surface area contributed by atoms with Gasteiger partial charge in [-0.25, -0.2) is 4.39 Å². The second kappa shape index (κ2) is 7.39. The molecule has 0 heterocycles. The first-order valence-corrected chi connectivity index (χ1v) is 6.92. The van der Waals surface area contributed by atoms with Crippen molar-refractivity contribution in [2.45, 2.75) is 12.5 Å². The largest absolute Gasteiger partial charge is 0.387 e. The molecule has 0 saturated heterocycles. The molecular formula is C16H17ClFNO. The maximum absolute atomic E-state index is 13.4. The van der Waals surface area contributed by atoms with E-state index < -0.39 is 6.10 Å². The highest BCUT2D eigenvalue weighted by atomic mass is 35.5. The van der Waals surface area contributed by atoms with E-state index in [0.29, 0.717) is 30.1 Å². The lowest BCUT2D eigenvalue weighted by molar-refractivity contribution is 0.175. The Bertz CT molecular complexity index is 544. The van der Waals surface area contributed by atoms with Gasteiger partial charge in [-0.05, 0) is 42.3 Å². The van der Waals surface area contributed by atoms with Gasteiger partial charge >= 0.3 is 0 Å². The standard InChI is InChI=1S/C16H17ClFNO/c17-14-7-5-13(6-8-14)16(20)11-19-10-9-12-3-1-2-4-15(12)18/h1-8,16,19-20H,9-11H2. The molecule has 1 atom stereocenters. The molecule has 0 fully saturated rings. The molecule has 4 heteroatoms. The average molecular weight is 294 g/mol. The van der Waals surface area contributed by atoms with Gasteiger partial charge in [-0.2, -0.15) is 0 Å². The zero-order valence-electron chi connectivity index (χ0n) is 11.0. The highest BCUT2D eigenvalue weighted by Gasteiger charge is 2.07. The summed E-state index contributed by atoms with van der Waals surface area (Å²) in [5.41, 5.74) is 1.49. The molecule has 2 aromatic carbocycles. The molecule has 1 unspecified atom stereocenters. The number of hydrogen-bond donors (Lipinski definition) is 2. The first-order valence-electron chi connectivity index (χ1n) is 6.54. The minimum Gasteiger partial charge on any atom is -0.387 e. The Labute approximate surface area is 123 Å². The van der Waals surface area contributed by atoms with Crippen molar-refractivity contribution < 1.29 is 9.50 Å². The second-order valence-corrected chi connectivity index (χ2v) is 5.05. The van der Waals surface area contributed by atoms with Crippen LogP contribution in [0.15, 0.2) is 48.5 Å². The monoisotopic (exact) mass is 293 g/mol. The Morgan fingerprint density at radius 1 is 1.10 bits per heavy atom. The highest BCUT2D eigenvalue weighted by molar-refractivity contribution is 6.30. The van der Waals surface area contributed by atoms with E-state index in [0.717, 1.165) is 5.56 Å². The fraction of sp³-hybridized carbons (Fsp3) is 0.250. The summed E-state index contributed by atoms with van der Waals surface area (Å²) in [4.78, 5) is 0. The van der Waals surface area contributed by atoms with Crippen LogP contribution in [0.1, 0.15) is 17.2 Å². The van der Waals surface area contributed by atoms with Crippen LogP contribution >= 0.6 is 11.6 Å². The normalized spacial score (nSPS) is 12.3. The van der Waals surface area contributed by atoms with Gasteiger partial charge in [-0.3, -0.25) is 0 Å². The summed E-state index contributed by atoms with van der Waals surface area (Å²) in [6.07, 6.45) is 0.00731. The number of aliphatic hydroxyl groups excluding tert-OH is 1. The number of rotatable bonds is 6. The molecule has 0 aliphatic carbocycles. The molecule has 0 aromatic heterocycles. The third-order valence-electron chi connectivity index (χ3n) is 3.12. The number of benzene rings is 2. The van der Waals surface area contributed by atoms with E-state index in [2.05, 4.69) is 5.32 Å². The molecule has 0 radical (unpaired) electrons. The van der Waals surface area contributed by atoms with Crippen LogP contribution in [-0.4, -0.2) is 18.2 Å². The summed E-state index contributed by atoms with van der Waals surface area (Å²) in [6, 6.07) is 13.8. The summed E-state index contributed by atoms with van der Waals surface area (Å²) in [5, 5.41) is 13.8. The van der Waals surface area contributed by atoms with Gasteiger partial charge in [0.2, 0.25) is 0 Å². The zero-order valence-corrected chi connectivity index (χ0v) is 11.8. The van der Waals surface area contributed by atoms with Crippen molar-refractivity contribution in [2.75, 3.05) is 13.1 Å². The van der Waals surface area contributed by atoms with Crippen LogP contribution in [0.3, 0.4) is 0 Å². The van der Waals surface area contributed by atoms with Crippen molar-refractivity contribution in [1.29, 1.82) is 0 Å². The van der Waals surface area contributed by atoms with Crippen molar-refractivity contribution in [1.82, 2.24) is 5.32 Å². The van der Waals surface area contributed by atoms with Crippen LogP contribution in [-0.2, 0) is 6.42 Å². The summed E-state index contributed by atoms with van der Waals surface area (Å²) >= 11 is 5.79. The third-order valence-corrected chi connectivity index (χ3v) is 3.37. The molecule has 0 aliphatic heterocycles. The fourth-order valence-corrected chi connectivity index (χ4v) is 2.09. The lowest BCUT2D eigenvalue weighted by Crippen LogP contribution is -2.24. The Morgan fingerprint density at radius 3 is 2.50 bits per heavy atom. The van der Waals surface area contributed by atoms with Crippen LogP contribution in [0.25, 0.3) is 0 Å². The number of aliphatic hydroxyl groups is 1. The summed E-state index contributed by atoms with van der Waals surface area (Å²) < 4.78 is 13.4. The zero-order chi connectivity index (χ0) is 14.4. The van der Waals surface area contributed by atoms with Gasteiger partial charge in [0.15, 0.2) is 0 Å². The smallest absolute Gasteiger partial charge is 0.126 e. The first-order chi connectivity index (χ1) is 9.66. The number of nitrogens with one attached hydrogen (secondary N) is 1. The van der Waals surface area contributed by atoms with E-state index in [4.69, 9.17) is 11.6 Å². The van der Waals surface area contributed by atoms with Gasteiger partial charge < -0.3 is 10.4 Å². The van der Waals surface area contributed by atoms with E-state index in [1.807, 2.05) is 6.07 Å². The molecule has 2 N–H and O–H groups in total. The molecule has 0 aliphatic rings. The predicted octanol–water partition coefficient (Wildman–Crippen LogP) is 3.34. The lowest BCUT2D eigenvalue weighted by atomic mass is 10.1. The van der Waals surface area contributed by atoms with E-state index in [9.17, 15) is 9.50 Å². The van der Waals surface area contributed by atoms with E-state index >= 15 is 0 Å². The van der Waals surface area contributed by atoms with Gasteiger partial charge in [-0.1, -0.05) is 41.9 Å². The quantitative estimate of drug-likeness (QED) is 0.801. The minimum atomic E-state index is -0.590. The van der Waals surface area contributed by atoms with E-state index in [-0.39, 0.29) is 5.82 Å². The molecule has 0 amide bonds. The van der Waals surface area contributed by atoms with Gasteiger partial charge in [-0.15, -0.1) is 0 Å². The second-order valence-electron chi connectivity index (χ2n) is 4.61. The topological polar surface area (TPSA) is 32.3 Å². The lowest BCUT2D eigenvalue weighted by Gasteiger charge is -2.12. The molecule has 0 saturated carbocycles. The molecule has 0 bridgehead atoms. The Hall–Kier alpha value is -1.42. The van der Waals surface area contributed by atoms with E-state index in [1.165, 1.54) is 6.07 Å². The molecular weight excluding hydrogens is 277 g/mol. The third kappa shape index (κ3) is 4.30. The van der Waals surface area contributed by atoms with Crippen molar-refractivity contribution in [2.24, 2.45) is 0 Å². The van der Waals surface area contributed by atoms with Crippen molar-refractivity contribution in [3.8, 4) is 0 Å². The predicted molar refractivity (Wildman–Crippen MR) is 79.4 cm³/mol. The maximum atomic E-state index is 13.4. The summed E-state index contributed by atoms with van der Waals surface area (Å²) in [7, 11) is 0. The van der Waals surface area contributed by atoms with Gasteiger partial charge in [0.25, 0.3) is 0 Å². The fourth-order valence-electron chi connectivity index (χ4n) is 1.97. The van der Waals surface area contributed by atoms with Crippen LogP contribution < -0.4 is 5.32 Å². The maximum Gasteiger partial charge on any atom is 0.126 e. The van der Waals surface area contributed by atoms with Crippen LogP contribution in [0, 0.1) is 5.82 Å². The molecule has 2 nitrogen and oxygen atoms in total. The van der Waals surface area contributed by atoms with Gasteiger partial charge in [0, 0.05) is 11.6 Å². The summed E-state index contributed by atoms with van der Waals surface area (Å²) in [5.74, 6) is -0.187. The van der Waals surface area contributed by atoms with Crippen molar-refractivity contribution in [3.63, 3.8) is 0 Å². The van der Waals surface area contributed by atoms with Crippen molar-refractivity contribution >= 4 is 11.6 Å². The van der Waals surface area contributed by atoms with E-state index in [1.54, 1.807) is 36.4 Å². The SMILES string of the molecule is OC(CNCCc1ccccc1F)c1ccc(Cl)cc1. The minimum absolute atomic E-state index is 0.187. The Morgan fingerprint density at radius 2 is 1.80 bits per heavy atom. The van der Waals surface area contributed by atoms with Gasteiger partial charge in [0.1, 0.15) is 5.82 Å². The molecule has 0 spiro atoms. The molecule has 106 valence electrons. The molecule has 20 heavy (non-hydrogen) atoms. The Kier molecular flexibility index (Phi) is 5.53. The molecule has 2 aromatic rings. The van der Waals surface area contributed by atoms with Crippen LogP contribution in [0.5, 0.6) is 0 Å². The Balaban J connectivity index is 1.76. The molecule has 2 rings (SSSR count). The van der Waals surface area contributed by atoms with Crippen LogP contribution in [0.4, 0.5) is 4.39 Å². The highest BCUT2D eigenvalue weighted by Crippen LogP contribution is 2.15. The summed E-state index contributed by atoms with van der Waals surface area (Å²) in [6.45, 7) is 1.04. The number of hydrogen-bond acceptors (Lipinski definition) is 2. The van der Waals surface area contributed by atoms with Crippen LogP contribution in [0.2, 0.25) is 5.02 Å². The average Bonchev–Trinajstić information content (AvgIpc) is 2.46. The first kappa shape index (κ1) is 15.0.